The van der Waals surface area contributed by atoms with Gasteiger partial charge in [0.2, 0.25) is 0 Å². The average molecular weight is 314 g/mol. The first-order valence-corrected chi connectivity index (χ1v) is 7.03. The molecule has 1 aliphatic heterocycles. The van der Waals surface area contributed by atoms with Crippen molar-refractivity contribution < 1.29 is 14.5 Å². The van der Waals surface area contributed by atoms with E-state index in [1.165, 1.54) is 18.2 Å². The molecule has 2 aromatic rings. The number of carbonyl (C=O) groups is 1. The summed E-state index contributed by atoms with van der Waals surface area (Å²) in [5.74, 6) is 0.594. The third-order valence-corrected chi connectivity index (χ3v) is 3.42. The lowest BCUT2D eigenvalue weighted by Gasteiger charge is -2.28. The highest BCUT2D eigenvalue weighted by Crippen LogP contribution is 2.32. The van der Waals surface area contributed by atoms with Gasteiger partial charge in [-0.2, -0.15) is 0 Å². The van der Waals surface area contributed by atoms with Gasteiger partial charge in [0.25, 0.3) is 11.6 Å². The second kappa shape index (κ2) is 5.91. The van der Waals surface area contributed by atoms with Crippen LogP contribution in [-0.4, -0.2) is 22.4 Å². The zero-order valence-electron chi connectivity index (χ0n) is 12.3. The molecule has 1 amide bonds. The first-order chi connectivity index (χ1) is 11.1. The summed E-state index contributed by atoms with van der Waals surface area (Å²) in [5.41, 5.74) is 0.823. The fourth-order valence-corrected chi connectivity index (χ4v) is 2.40. The summed E-state index contributed by atoms with van der Waals surface area (Å²) in [5, 5.41) is 16.8. The summed E-state index contributed by atoms with van der Waals surface area (Å²) in [6, 6.07) is 7.60. The standard InChI is InChI=1S/C15H14N4O4/c1-2-23-12-6-5-9(19(21)22)8-11(12)14-17-13-10(15(20)18-14)4-3-7-16-13/h3-8,14H,2H2,1H3,(H,16,17)(H,18,20). The number of nitrogens with one attached hydrogen (secondary N) is 2. The van der Waals surface area contributed by atoms with Crippen LogP contribution in [0.4, 0.5) is 11.5 Å². The van der Waals surface area contributed by atoms with Gasteiger partial charge in [0.1, 0.15) is 17.7 Å². The highest BCUT2D eigenvalue weighted by atomic mass is 16.6. The van der Waals surface area contributed by atoms with Crippen molar-refractivity contribution >= 4 is 17.4 Å². The van der Waals surface area contributed by atoms with Crippen molar-refractivity contribution in [3.05, 3.63) is 57.8 Å². The van der Waals surface area contributed by atoms with Gasteiger partial charge in [0.05, 0.1) is 17.1 Å². The molecular weight excluding hydrogens is 300 g/mol. The fourth-order valence-electron chi connectivity index (χ4n) is 2.40. The summed E-state index contributed by atoms with van der Waals surface area (Å²) in [7, 11) is 0. The van der Waals surface area contributed by atoms with Gasteiger partial charge in [-0.05, 0) is 25.1 Å². The van der Waals surface area contributed by atoms with Crippen LogP contribution in [0, 0.1) is 10.1 Å². The molecule has 2 N–H and O–H groups in total. The molecule has 3 rings (SSSR count). The minimum Gasteiger partial charge on any atom is -0.493 e. The van der Waals surface area contributed by atoms with Gasteiger partial charge in [-0.25, -0.2) is 4.98 Å². The minimum absolute atomic E-state index is 0.0775. The lowest BCUT2D eigenvalue weighted by atomic mass is 10.1. The Morgan fingerprint density at radius 2 is 2.17 bits per heavy atom. The van der Waals surface area contributed by atoms with E-state index < -0.39 is 11.1 Å². The number of nitro benzene ring substituents is 1. The Balaban J connectivity index is 2.02. The van der Waals surface area contributed by atoms with Gasteiger partial charge in [0, 0.05) is 23.9 Å². The lowest BCUT2D eigenvalue weighted by Crippen LogP contribution is -2.39. The highest BCUT2D eigenvalue weighted by Gasteiger charge is 2.28. The Hall–Kier alpha value is -3.16. The van der Waals surface area contributed by atoms with Gasteiger partial charge in [-0.1, -0.05) is 0 Å². The van der Waals surface area contributed by atoms with E-state index in [0.717, 1.165) is 0 Å². The molecule has 0 spiro atoms. The third-order valence-electron chi connectivity index (χ3n) is 3.42. The molecule has 1 atom stereocenters. The zero-order valence-corrected chi connectivity index (χ0v) is 12.3. The predicted octanol–water partition coefficient (Wildman–Crippen LogP) is 2.24. The minimum atomic E-state index is -0.661. The van der Waals surface area contributed by atoms with E-state index in [2.05, 4.69) is 15.6 Å². The van der Waals surface area contributed by atoms with Crippen LogP contribution in [0.3, 0.4) is 0 Å². The van der Waals surface area contributed by atoms with Gasteiger partial charge < -0.3 is 15.4 Å². The van der Waals surface area contributed by atoms with Crippen molar-refractivity contribution in [1.82, 2.24) is 10.3 Å². The molecule has 0 bridgehead atoms. The summed E-state index contributed by atoms with van der Waals surface area (Å²) in [6.45, 7) is 2.22. The number of rotatable bonds is 4. The maximum atomic E-state index is 12.2. The number of amides is 1. The molecule has 1 aliphatic rings. The van der Waals surface area contributed by atoms with Gasteiger partial charge in [-0.3, -0.25) is 14.9 Å². The SMILES string of the molecule is CCOc1ccc([N+](=O)[O-])cc1C1NC(=O)c2cccnc2N1. The number of carbonyl (C=O) groups excluding carboxylic acids is 1. The quantitative estimate of drug-likeness (QED) is 0.662. The molecule has 0 saturated heterocycles. The second-order valence-electron chi connectivity index (χ2n) is 4.86. The first kappa shape index (κ1) is 14.8. The molecular formula is C15H14N4O4. The van der Waals surface area contributed by atoms with E-state index in [1.54, 1.807) is 18.3 Å². The molecule has 2 heterocycles. The number of anilines is 1. The molecule has 23 heavy (non-hydrogen) atoms. The van der Waals surface area contributed by atoms with Crippen molar-refractivity contribution in [1.29, 1.82) is 0 Å². The topological polar surface area (TPSA) is 106 Å². The number of benzene rings is 1. The Bertz CT molecular complexity index is 778. The van der Waals surface area contributed by atoms with Gasteiger partial charge in [0.15, 0.2) is 0 Å². The summed E-state index contributed by atoms with van der Waals surface area (Å²) in [6.07, 6.45) is 0.907. The molecule has 1 aromatic heterocycles. The van der Waals surface area contributed by atoms with E-state index in [4.69, 9.17) is 4.74 Å². The Labute approximate surface area is 131 Å². The number of aromatic nitrogens is 1. The number of nitro groups is 1. The van der Waals surface area contributed by atoms with Crippen LogP contribution in [0.1, 0.15) is 29.0 Å². The first-order valence-electron chi connectivity index (χ1n) is 7.03. The summed E-state index contributed by atoms with van der Waals surface area (Å²) in [4.78, 5) is 26.8. The second-order valence-corrected chi connectivity index (χ2v) is 4.86. The van der Waals surface area contributed by atoms with Crippen LogP contribution < -0.4 is 15.4 Å². The Morgan fingerprint density at radius 3 is 2.91 bits per heavy atom. The number of hydrogen-bond donors (Lipinski definition) is 2. The highest BCUT2D eigenvalue weighted by molar-refractivity contribution is 6.00. The smallest absolute Gasteiger partial charge is 0.270 e. The van der Waals surface area contributed by atoms with Gasteiger partial charge in [-0.15, -0.1) is 0 Å². The van der Waals surface area contributed by atoms with Crippen molar-refractivity contribution in [3.63, 3.8) is 0 Å². The van der Waals surface area contributed by atoms with E-state index in [9.17, 15) is 14.9 Å². The maximum Gasteiger partial charge on any atom is 0.270 e. The Kier molecular flexibility index (Phi) is 3.80. The van der Waals surface area contributed by atoms with E-state index >= 15 is 0 Å². The van der Waals surface area contributed by atoms with E-state index in [0.29, 0.717) is 29.3 Å². The third kappa shape index (κ3) is 2.78. The van der Waals surface area contributed by atoms with Crippen LogP contribution in [0.2, 0.25) is 0 Å². The molecule has 118 valence electrons. The fraction of sp³-hybridized carbons (Fsp3) is 0.200. The van der Waals surface area contributed by atoms with E-state index in [-0.39, 0.29) is 11.6 Å². The molecule has 0 radical (unpaired) electrons. The van der Waals surface area contributed by atoms with Crippen molar-refractivity contribution in [2.75, 3.05) is 11.9 Å². The molecule has 0 fully saturated rings. The molecule has 0 aliphatic carbocycles. The van der Waals surface area contributed by atoms with Crippen LogP contribution in [-0.2, 0) is 0 Å². The van der Waals surface area contributed by atoms with Crippen LogP contribution >= 0.6 is 0 Å². The number of ether oxygens (including phenoxy) is 1. The largest absolute Gasteiger partial charge is 0.493 e. The summed E-state index contributed by atoms with van der Waals surface area (Å²) < 4.78 is 5.51. The molecule has 0 saturated carbocycles. The number of hydrogen-bond acceptors (Lipinski definition) is 6. The Morgan fingerprint density at radius 1 is 1.35 bits per heavy atom. The van der Waals surface area contributed by atoms with Crippen molar-refractivity contribution in [3.8, 4) is 5.75 Å². The van der Waals surface area contributed by atoms with Crippen LogP contribution in [0.5, 0.6) is 5.75 Å². The van der Waals surface area contributed by atoms with Crippen LogP contribution in [0.25, 0.3) is 0 Å². The molecule has 8 nitrogen and oxygen atoms in total. The normalized spacial score (nSPS) is 16.0. The van der Waals surface area contributed by atoms with E-state index in [1.807, 2.05) is 6.92 Å². The lowest BCUT2D eigenvalue weighted by molar-refractivity contribution is -0.385. The monoisotopic (exact) mass is 314 g/mol. The van der Waals surface area contributed by atoms with Crippen LogP contribution in [0.15, 0.2) is 36.5 Å². The molecule has 8 heteroatoms. The summed E-state index contributed by atoms with van der Waals surface area (Å²) >= 11 is 0. The van der Waals surface area contributed by atoms with Crippen molar-refractivity contribution in [2.24, 2.45) is 0 Å². The number of nitrogens with zero attached hydrogens (tertiary/aromatic N) is 2. The average Bonchev–Trinajstić information content (AvgIpc) is 2.55. The van der Waals surface area contributed by atoms with Crippen molar-refractivity contribution in [2.45, 2.75) is 13.1 Å². The number of non-ortho nitro benzene ring substituents is 1. The molecule has 1 unspecified atom stereocenters. The molecule has 1 aromatic carbocycles. The number of pyridine rings is 1. The maximum absolute atomic E-state index is 12.2. The van der Waals surface area contributed by atoms with Gasteiger partial charge >= 0.3 is 0 Å². The zero-order chi connectivity index (χ0) is 16.4. The number of fused-ring (bicyclic) bond motifs is 1. The predicted molar refractivity (Wildman–Crippen MR) is 82.3 cm³/mol.